The lowest BCUT2D eigenvalue weighted by atomic mass is 9.98. The molecular weight excluding hydrogens is 364 g/mol. The van der Waals surface area contributed by atoms with Gasteiger partial charge in [0.2, 0.25) is 11.0 Å². The van der Waals surface area contributed by atoms with Crippen LogP contribution in [0.3, 0.4) is 0 Å². The molecule has 5 nitrogen and oxygen atoms in total. The van der Waals surface area contributed by atoms with Crippen LogP contribution < -0.4 is 5.32 Å². The number of carbonyl (C=O) groups excluding carboxylic acids is 1. The molecule has 0 saturated carbocycles. The maximum atomic E-state index is 12.6. The normalized spacial score (nSPS) is 20.2. The molecule has 0 radical (unpaired) electrons. The van der Waals surface area contributed by atoms with E-state index in [2.05, 4.69) is 61.4 Å². The van der Waals surface area contributed by atoms with Crippen molar-refractivity contribution < 1.29 is 4.79 Å². The Hall–Kier alpha value is -1.60. The van der Waals surface area contributed by atoms with Crippen molar-refractivity contribution >= 4 is 39.8 Å². The highest BCUT2D eigenvalue weighted by Gasteiger charge is 2.28. The Morgan fingerprint density at radius 3 is 2.69 bits per heavy atom. The summed E-state index contributed by atoms with van der Waals surface area (Å²) in [7, 11) is 0. The third kappa shape index (κ3) is 4.57. The average molecular weight is 391 g/mol. The summed E-state index contributed by atoms with van der Waals surface area (Å²) >= 11 is 2.97. The summed E-state index contributed by atoms with van der Waals surface area (Å²) in [5, 5.41) is 12.5. The number of hydrogen-bond donors (Lipinski definition) is 1. The Morgan fingerprint density at radius 2 is 2.00 bits per heavy atom. The van der Waals surface area contributed by atoms with Gasteiger partial charge in [-0.3, -0.25) is 4.79 Å². The van der Waals surface area contributed by atoms with E-state index in [1.165, 1.54) is 40.6 Å². The van der Waals surface area contributed by atoms with Gasteiger partial charge >= 0.3 is 0 Å². The van der Waals surface area contributed by atoms with E-state index in [1.54, 1.807) is 0 Å². The van der Waals surface area contributed by atoms with Gasteiger partial charge in [-0.05, 0) is 58.6 Å². The number of benzene rings is 1. The first-order valence-electron chi connectivity index (χ1n) is 9.06. The fraction of sp³-hybridized carbons (Fsp3) is 0.526. The Morgan fingerprint density at radius 1 is 1.27 bits per heavy atom. The third-order valence-corrected chi connectivity index (χ3v) is 6.79. The molecule has 2 heterocycles. The molecule has 26 heavy (non-hydrogen) atoms. The van der Waals surface area contributed by atoms with Crippen molar-refractivity contribution in [2.45, 2.75) is 63.4 Å². The van der Waals surface area contributed by atoms with Gasteiger partial charge in [0.05, 0.1) is 5.75 Å². The van der Waals surface area contributed by atoms with Gasteiger partial charge in [0, 0.05) is 17.8 Å². The molecule has 0 unspecified atom stereocenters. The van der Waals surface area contributed by atoms with Crippen LogP contribution in [0.25, 0.3) is 0 Å². The van der Waals surface area contributed by atoms with Crippen molar-refractivity contribution in [2.75, 3.05) is 11.1 Å². The van der Waals surface area contributed by atoms with Crippen LogP contribution in [0.2, 0.25) is 0 Å². The topological polar surface area (TPSA) is 58.1 Å². The number of aryl methyl sites for hydroxylation is 2. The van der Waals surface area contributed by atoms with Gasteiger partial charge in [-0.25, -0.2) is 0 Å². The van der Waals surface area contributed by atoms with Gasteiger partial charge in [0.1, 0.15) is 0 Å². The molecule has 0 spiro atoms. The van der Waals surface area contributed by atoms with Crippen LogP contribution in [0, 0.1) is 13.8 Å². The number of amides is 1. The summed E-state index contributed by atoms with van der Waals surface area (Å²) in [5.74, 6) is 0.626. The molecular formula is C19H26N4OS2. The molecule has 1 aliphatic heterocycles. The summed E-state index contributed by atoms with van der Waals surface area (Å²) in [6, 6.07) is 6.94. The maximum absolute atomic E-state index is 12.6. The quantitative estimate of drug-likeness (QED) is 0.745. The van der Waals surface area contributed by atoms with E-state index >= 15 is 0 Å². The van der Waals surface area contributed by atoms with Crippen LogP contribution in [0.4, 0.5) is 10.8 Å². The highest BCUT2D eigenvalue weighted by atomic mass is 32.2. The number of piperidine rings is 1. The predicted octanol–water partition coefficient (Wildman–Crippen LogP) is 4.78. The fourth-order valence-electron chi connectivity index (χ4n) is 3.50. The fourth-order valence-corrected chi connectivity index (χ4v) is 5.13. The summed E-state index contributed by atoms with van der Waals surface area (Å²) in [4.78, 5) is 14.7. The standard InChI is InChI=1S/C19H26N4OS2/c1-12-8-9-16(13(2)10-12)20-18-21-22-19(26-18)25-11-17(24)23-14(3)6-5-7-15(23)4/h8-10,14-15H,5-7,11H2,1-4H3,(H,20,21)/t14-,15-/m0/s1. The molecule has 1 saturated heterocycles. The minimum Gasteiger partial charge on any atom is -0.337 e. The molecule has 1 aromatic heterocycles. The highest BCUT2D eigenvalue weighted by Crippen LogP contribution is 2.30. The number of rotatable bonds is 5. The number of likely N-dealkylation sites (tertiary alicyclic amines) is 1. The summed E-state index contributed by atoms with van der Waals surface area (Å²) < 4.78 is 0.822. The Balaban J connectivity index is 1.57. The van der Waals surface area contributed by atoms with Gasteiger partial charge in [-0.15, -0.1) is 10.2 Å². The lowest BCUT2D eigenvalue weighted by molar-refractivity contribution is -0.134. The second kappa shape index (κ2) is 8.39. The Bertz CT molecular complexity index is 767. The summed E-state index contributed by atoms with van der Waals surface area (Å²) in [5.41, 5.74) is 3.45. The zero-order valence-corrected chi connectivity index (χ0v) is 17.4. The molecule has 140 valence electrons. The van der Waals surface area contributed by atoms with E-state index in [1.807, 2.05) is 4.90 Å². The Kier molecular flexibility index (Phi) is 6.19. The van der Waals surface area contributed by atoms with E-state index in [4.69, 9.17) is 0 Å². The van der Waals surface area contributed by atoms with Gasteiger partial charge in [0.25, 0.3) is 0 Å². The molecule has 1 N–H and O–H groups in total. The van der Waals surface area contributed by atoms with Crippen molar-refractivity contribution in [2.24, 2.45) is 0 Å². The molecule has 1 aliphatic rings. The maximum Gasteiger partial charge on any atom is 0.233 e. The van der Waals surface area contributed by atoms with Gasteiger partial charge in [-0.2, -0.15) is 0 Å². The van der Waals surface area contributed by atoms with Crippen LogP contribution in [0.15, 0.2) is 22.5 Å². The number of hydrogen-bond acceptors (Lipinski definition) is 6. The number of anilines is 2. The Labute approximate surface area is 163 Å². The van der Waals surface area contributed by atoms with Crippen molar-refractivity contribution in [1.82, 2.24) is 15.1 Å². The smallest absolute Gasteiger partial charge is 0.233 e. The molecule has 3 rings (SSSR count). The first-order valence-corrected chi connectivity index (χ1v) is 10.9. The van der Waals surface area contributed by atoms with Crippen LogP contribution >= 0.6 is 23.1 Å². The van der Waals surface area contributed by atoms with Crippen molar-refractivity contribution in [3.05, 3.63) is 29.3 Å². The van der Waals surface area contributed by atoms with Gasteiger partial charge < -0.3 is 10.2 Å². The molecule has 0 aliphatic carbocycles. The molecule has 2 aromatic rings. The third-order valence-electron chi connectivity index (χ3n) is 4.83. The summed E-state index contributed by atoms with van der Waals surface area (Å²) in [6.07, 6.45) is 3.41. The summed E-state index contributed by atoms with van der Waals surface area (Å²) in [6.45, 7) is 8.45. The molecule has 1 fully saturated rings. The molecule has 0 bridgehead atoms. The SMILES string of the molecule is Cc1ccc(Nc2nnc(SCC(=O)N3[C@@H](C)CCC[C@@H]3C)s2)c(C)c1. The lowest BCUT2D eigenvalue weighted by Gasteiger charge is -2.39. The largest absolute Gasteiger partial charge is 0.337 e. The first kappa shape index (κ1) is 19.2. The van der Waals surface area contributed by atoms with Crippen LogP contribution in [0.5, 0.6) is 0 Å². The predicted molar refractivity (Wildman–Crippen MR) is 109 cm³/mol. The zero-order valence-electron chi connectivity index (χ0n) is 15.8. The zero-order chi connectivity index (χ0) is 18.7. The number of nitrogens with zero attached hydrogens (tertiary/aromatic N) is 3. The highest BCUT2D eigenvalue weighted by molar-refractivity contribution is 8.01. The van der Waals surface area contributed by atoms with Gasteiger partial charge in [0.15, 0.2) is 4.34 Å². The van der Waals surface area contributed by atoms with E-state index in [-0.39, 0.29) is 5.91 Å². The minimum absolute atomic E-state index is 0.203. The lowest BCUT2D eigenvalue weighted by Crippen LogP contribution is -2.48. The van der Waals surface area contributed by atoms with Crippen LogP contribution in [0.1, 0.15) is 44.2 Å². The minimum atomic E-state index is 0.203. The van der Waals surface area contributed by atoms with Crippen LogP contribution in [-0.2, 0) is 4.79 Å². The van der Waals surface area contributed by atoms with E-state index < -0.39 is 0 Å². The second-order valence-electron chi connectivity index (χ2n) is 7.04. The number of nitrogens with one attached hydrogen (secondary N) is 1. The van der Waals surface area contributed by atoms with Crippen molar-refractivity contribution in [3.8, 4) is 0 Å². The number of aromatic nitrogens is 2. The van der Waals surface area contributed by atoms with E-state index in [0.29, 0.717) is 17.8 Å². The number of thioether (sulfide) groups is 1. The first-order chi connectivity index (χ1) is 12.4. The van der Waals surface area contributed by atoms with Crippen molar-refractivity contribution in [3.63, 3.8) is 0 Å². The average Bonchev–Trinajstić information content (AvgIpc) is 3.03. The molecule has 1 aromatic carbocycles. The van der Waals surface area contributed by atoms with Crippen molar-refractivity contribution in [1.29, 1.82) is 0 Å². The second-order valence-corrected chi connectivity index (χ2v) is 9.24. The van der Waals surface area contributed by atoms with E-state index in [0.717, 1.165) is 28.0 Å². The molecule has 1 amide bonds. The molecule has 2 atom stereocenters. The van der Waals surface area contributed by atoms with Gasteiger partial charge in [-0.1, -0.05) is 40.8 Å². The monoisotopic (exact) mass is 390 g/mol. The molecule has 7 heteroatoms. The van der Waals surface area contributed by atoms with E-state index in [9.17, 15) is 4.79 Å². The van der Waals surface area contributed by atoms with Crippen LogP contribution in [-0.4, -0.2) is 38.8 Å². The number of carbonyl (C=O) groups is 1.